The van der Waals surface area contributed by atoms with Gasteiger partial charge in [-0.3, -0.25) is 10.7 Å². The zero-order valence-corrected chi connectivity index (χ0v) is 13.8. The Morgan fingerprint density at radius 3 is 2.52 bits per heavy atom. The summed E-state index contributed by atoms with van der Waals surface area (Å²) in [5, 5.41) is 13.4. The first-order chi connectivity index (χ1) is 10.1. The molecule has 21 heavy (non-hydrogen) atoms. The van der Waals surface area contributed by atoms with Crippen LogP contribution in [-0.4, -0.2) is 30.0 Å². The van der Waals surface area contributed by atoms with Crippen LogP contribution in [0.25, 0.3) is 0 Å². The molecule has 1 saturated heterocycles. The number of nitrogens with one attached hydrogen (secondary N) is 3. The van der Waals surface area contributed by atoms with E-state index >= 15 is 0 Å². The van der Waals surface area contributed by atoms with Gasteiger partial charge in [-0.05, 0) is 47.3 Å². The number of amides is 2. The van der Waals surface area contributed by atoms with E-state index in [4.69, 9.17) is 5.41 Å². The average Bonchev–Trinajstić information content (AvgIpc) is 2.72. The third kappa shape index (κ3) is 4.46. The number of nitrogens with zero attached hydrogens (tertiary/aromatic N) is 1. The molecule has 3 N–H and O–H groups in total. The number of urea groups is 1. The Labute approximate surface area is 133 Å². The van der Waals surface area contributed by atoms with Crippen molar-refractivity contribution in [2.24, 2.45) is 0 Å². The van der Waals surface area contributed by atoms with Gasteiger partial charge in [-0.15, -0.1) is 0 Å². The summed E-state index contributed by atoms with van der Waals surface area (Å²) in [5.74, 6) is 0.180. The van der Waals surface area contributed by atoms with Gasteiger partial charge in [0.25, 0.3) is 0 Å². The van der Waals surface area contributed by atoms with E-state index in [1.54, 1.807) is 0 Å². The lowest BCUT2D eigenvalue weighted by atomic mass is 10.2. The summed E-state index contributed by atoms with van der Waals surface area (Å²) in [5.41, 5.74) is 1.71. The van der Waals surface area contributed by atoms with Crippen molar-refractivity contribution in [1.29, 1.82) is 5.41 Å². The van der Waals surface area contributed by atoms with Crippen LogP contribution in [0.1, 0.15) is 31.2 Å². The molecular weight excluding hydrogens is 332 g/mol. The Bertz CT molecular complexity index is 504. The van der Waals surface area contributed by atoms with Crippen LogP contribution in [-0.2, 0) is 0 Å². The summed E-state index contributed by atoms with van der Waals surface area (Å²) < 4.78 is 0.832. The first-order valence-electron chi connectivity index (χ1n) is 7.24. The lowest BCUT2D eigenvalue weighted by molar-refractivity contribution is 0.254. The number of likely N-dealkylation sites (tertiary alicyclic amines) is 1. The molecule has 5 nitrogen and oxygen atoms in total. The third-order valence-electron chi connectivity index (χ3n) is 3.61. The Morgan fingerprint density at radius 2 is 1.90 bits per heavy atom. The molecule has 1 aliphatic heterocycles. The molecule has 1 aromatic carbocycles. The van der Waals surface area contributed by atoms with Gasteiger partial charge in [-0.2, -0.15) is 0 Å². The maximum Gasteiger partial charge on any atom is 0.326 e. The largest absolute Gasteiger partial charge is 0.343 e. The van der Waals surface area contributed by atoms with Crippen LogP contribution in [0.15, 0.2) is 22.7 Å². The normalized spacial score (nSPS) is 15.2. The van der Waals surface area contributed by atoms with Crippen molar-refractivity contribution in [3.8, 4) is 0 Å². The van der Waals surface area contributed by atoms with Gasteiger partial charge in [0.1, 0.15) is 0 Å². The van der Waals surface area contributed by atoms with Gasteiger partial charge in [0.2, 0.25) is 0 Å². The van der Waals surface area contributed by atoms with E-state index in [1.165, 1.54) is 12.8 Å². The second kappa shape index (κ2) is 7.45. The highest BCUT2D eigenvalue weighted by atomic mass is 79.9. The van der Waals surface area contributed by atoms with Gasteiger partial charge < -0.3 is 10.2 Å². The van der Waals surface area contributed by atoms with Crippen molar-refractivity contribution in [3.63, 3.8) is 0 Å². The molecule has 6 heteroatoms. The zero-order chi connectivity index (χ0) is 15.2. The Hall–Kier alpha value is -1.56. The summed E-state index contributed by atoms with van der Waals surface area (Å²) in [6.07, 6.45) is 4.56. The van der Waals surface area contributed by atoms with Crippen molar-refractivity contribution in [1.82, 2.24) is 10.2 Å². The standard InChI is InChI=1S/C15H21BrN4O/c1-11-7-6-8-12(16)13(11)18-15(21)19-14(17)20-9-4-2-3-5-10-20/h6-8H,2-5,9-10H2,1H3,(H3,17,18,19,21). The minimum Gasteiger partial charge on any atom is -0.343 e. The zero-order valence-electron chi connectivity index (χ0n) is 12.2. The summed E-state index contributed by atoms with van der Waals surface area (Å²) in [7, 11) is 0. The minimum atomic E-state index is -0.376. The van der Waals surface area contributed by atoms with Crippen molar-refractivity contribution >= 4 is 33.6 Å². The molecule has 0 aliphatic carbocycles. The average molecular weight is 353 g/mol. The topological polar surface area (TPSA) is 68.2 Å². The monoisotopic (exact) mass is 352 g/mol. The fourth-order valence-corrected chi connectivity index (χ4v) is 2.98. The van der Waals surface area contributed by atoms with Gasteiger partial charge >= 0.3 is 6.03 Å². The molecule has 0 bridgehead atoms. The van der Waals surface area contributed by atoms with Crippen LogP contribution in [0.2, 0.25) is 0 Å². The number of rotatable bonds is 1. The van der Waals surface area contributed by atoms with Gasteiger partial charge in [0, 0.05) is 17.6 Å². The maximum atomic E-state index is 12.0. The van der Waals surface area contributed by atoms with Crippen LogP contribution in [0.5, 0.6) is 0 Å². The van der Waals surface area contributed by atoms with E-state index in [0.717, 1.165) is 41.7 Å². The van der Waals surface area contributed by atoms with Crippen LogP contribution >= 0.6 is 15.9 Å². The number of carbonyl (C=O) groups excluding carboxylic acids is 1. The maximum absolute atomic E-state index is 12.0. The fraction of sp³-hybridized carbons (Fsp3) is 0.467. The van der Waals surface area contributed by atoms with E-state index in [2.05, 4.69) is 26.6 Å². The van der Waals surface area contributed by atoms with Crippen molar-refractivity contribution in [2.75, 3.05) is 18.4 Å². The quantitative estimate of drug-likeness (QED) is 0.532. The second-order valence-corrected chi connectivity index (χ2v) is 6.12. The fourth-order valence-electron chi connectivity index (χ4n) is 2.42. The Kier molecular flexibility index (Phi) is 5.61. The first-order valence-corrected chi connectivity index (χ1v) is 8.04. The number of anilines is 1. The molecule has 2 rings (SSSR count). The number of benzene rings is 1. The number of halogens is 1. The predicted octanol–water partition coefficient (Wildman–Crippen LogP) is 3.69. The Morgan fingerprint density at radius 1 is 1.24 bits per heavy atom. The van der Waals surface area contributed by atoms with E-state index in [9.17, 15) is 4.79 Å². The van der Waals surface area contributed by atoms with Crippen LogP contribution in [0.3, 0.4) is 0 Å². The predicted molar refractivity (Wildman–Crippen MR) is 88.8 cm³/mol. The molecule has 1 aromatic rings. The SMILES string of the molecule is Cc1cccc(Br)c1NC(=O)NC(=N)N1CCCCCC1. The van der Waals surface area contributed by atoms with Crippen molar-refractivity contribution in [2.45, 2.75) is 32.6 Å². The molecule has 0 saturated carbocycles. The van der Waals surface area contributed by atoms with Crippen LogP contribution < -0.4 is 10.6 Å². The molecule has 1 heterocycles. The third-order valence-corrected chi connectivity index (χ3v) is 4.28. The van der Waals surface area contributed by atoms with E-state index in [1.807, 2.05) is 30.0 Å². The second-order valence-electron chi connectivity index (χ2n) is 5.26. The summed E-state index contributed by atoms with van der Waals surface area (Å²) >= 11 is 3.42. The summed E-state index contributed by atoms with van der Waals surface area (Å²) in [4.78, 5) is 14.0. The smallest absolute Gasteiger partial charge is 0.326 e. The lowest BCUT2D eigenvalue weighted by Gasteiger charge is -2.23. The van der Waals surface area contributed by atoms with Crippen molar-refractivity contribution in [3.05, 3.63) is 28.2 Å². The lowest BCUT2D eigenvalue weighted by Crippen LogP contribution is -2.45. The molecule has 0 atom stereocenters. The van der Waals surface area contributed by atoms with Gasteiger partial charge in [0.05, 0.1) is 5.69 Å². The van der Waals surface area contributed by atoms with E-state index in [-0.39, 0.29) is 12.0 Å². The highest BCUT2D eigenvalue weighted by molar-refractivity contribution is 9.10. The number of para-hydroxylation sites is 1. The van der Waals surface area contributed by atoms with Gasteiger partial charge in [-0.1, -0.05) is 25.0 Å². The van der Waals surface area contributed by atoms with E-state index in [0.29, 0.717) is 0 Å². The molecular formula is C15H21BrN4O. The summed E-state index contributed by atoms with van der Waals surface area (Å²) in [6.45, 7) is 3.61. The number of hydrogen-bond donors (Lipinski definition) is 3. The number of guanidine groups is 1. The van der Waals surface area contributed by atoms with Gasteiger partial charge in [-0.25, -0.2) is 4.79 Å². The van der Waals surface area contributed by atoms with Crippen molar-refractivity contribution < 1.29 is 4.79 Å². The number of aryl methyl sites for hydroxylation is 1. The molecule has 114 valence electrons. The molecule has 0 unspecified atom stereocenters. The molecule has 0 radical (unpaired) electrons. The molecule has 1 fully saturated rings. The van der Waals surface area contributed by atoms with Crippen LogP contribution in [0, 0.1) is 12.3 Å². The number of carbonyl (C=O) groups is 1. The highest BCUT2D eigenvalue weighted by Gasteiger charge is 2.15. The molecule has 0 spiro atoms. The first kappa shape index (κ1) is 15.8. The molecule has 2 amide bonds. The Balaban J connectivity index is 1.93. The highest BCUT2D eigenvalue weighted by Crippen LogP contribution is 2.25. The number of hydrogen-bond acceptors (Lipinski definition) is 2. The van der Waals surface area contributed by atoms with Crippen LogP contribution in [0.4, 0.5) is 10.5 Å². The van der Waals surface area contributed by atoms with Gasteiger partial charge in [0.15, 0.2) is 5.96 Å². The van der Waals surface area contributed by atoms with E-state index < -0.39 is 0 Å². The minimum absolute atomic E-state index is 0.180. The molecule has 1 aliphatic rings. The molecule has 0 aromatic heterocycles. The summed E-state index contributed by atoms with van der Waals surface area (Å²) in [6, 6.07) is 5.35.